The molecule has 2 aromatic carbocycles. The van der Waals surface area contributed by atoms with Crippen LogP contribution in [0.5, 0.6) is 0 Å². The van der Waals surface area contributed by atoms with E-state index in [4.69, 9.17) is 4.42 Å². The number of anilines is 1. The molecule has 24 heavy (non-hydrogen) atoms. The molecule has 0 atom stereocenters. The van der Waals surface area contributed by atoms with Crippen LogP contribution in [-0.4, -0.2) is 10.9 Å². The lowest BCUT2D eigenvalue weighted by molar-refractivity contribution is 0.102. The monoisotopic (exact) mass is 338 g/mol. The Kier molecular flexibility index (Phi) is 3.59. The molecule has 0 bridgehead atoms. The molecule has 118 valence electrons. The van der Waals surface area contributed by atoms with Crippen LogP contribution in [-0.2, 0) is 0 Å². The second-order valence-corrected chi connectivity index (χ2v) is 5.93. The van der Waals surface area contributed by atoms with Gasteiger partial charge in [0, 0.05) is 0 Å². The highest BCUT2D eigenvalue weighted by Crippen LogP contribution is 2.27. The molecule has 0 aliphatic heterocycles. The number of hydrogen-bond acceptors (Lipinski definition) is 4. The highest BCUT2D eigenvalue weighted by atomic mass is 32.1. The first-order valence-electron chi connectivity index (χ1n) is 7.20. The highest BCUT2D eigenvalue weighted by molar-refractivity contribution is 7.08. The maximum atomic E-state index is 13.6. The maximum absolute atomic E-state index is 13.6. The summed E-state index contributed by atoms with van der Waals surface area (Å²) in [6, 6.07) is 13.4. The highest BCUT2D eigenvalue weighted by Gasteiger charge is 2.15. The van der Waals surface area contributed by atoms with Crippen LogP contribution in [0.1, 0.15) is 10.4 Å². The van der Waals surface area contributed by atoms with Crippen molar-refractivity contribution in [2.75, 3.05) is 5.32 Å². The minimum Gasteiger partial charge on any atom is -0.423 e. The van der Waals surface area contributed by atoms with Gasteiger partial charge in [0.25, 0.3) is 5.91 Å². The van der Waals surface area contributed by atoms with Crippen LogP contribution in [0.2, 0.25) is 0 Å². The molecule has 4 rings (SSSR count). The summed E-state index contributed by atoms with van der Waals surface area (Å²) in [5.41, 5.74) is 3.24. The molecule has 4 nitrogen and oxygen atoms in total. The van der Waals surface area contributed by atoms with Gasteiger partial charge in [0.2, 0.25) is 0 Å². The van der Waals surface area contributed by atoms with Gasteiger partial charge in [-0.1, -0.05) is 18.2 Å². The number of hydrogen-bond donors (Lipinski definition) is 1. The lowest BCUT2D eigenvalue weighted by Crippen LogP contribution is -2.13. The van der Waals surface area contributed by atoms with Crippen LogP contribution in [0, 0.1) is 5.82 Å². The summed E-state index contributed by atoms with van der Waals surface area (Å²) in [7, 11) is 0. The zero-order chi connectivity index (χ0) is 16.5. The number of carbonyl (C=O) groups excluding carboxylic acids is 1. The molecule has 0 saturated heterocycles. The Morgan fingerprint density at radius 3 is 2.79 bits per heavy atom. The SMILES string of the molecule is O=C(Nc1nc2cc(-c3ccsc3)ccc2o1)c1ccccc1F. The van der Waals surface area contributed by atoms with E-state index in [0.29, 0.717) is 11.1 Å². The average Bonchev–Trinajstić information content (AvgIpc) is 3.23. The number of benzene rings is 2. The van der Waals surface area contributed by atoms with Crippen molar-refractivity contribution >= 4 is 34.4 Å². The van der Waals surface area contributed by atoms with Crippen LogP contribution in [0.4, 0.5) is 10.4 Å². The van der Waals surface area contributed by atoms with Gasteiger partial charge in [-0.2, -0.15) is 16.3 Å². The Balaban J connectivity index is 1.63. The number of oxazole rings is 1. The van der Waals surface area contributed by atoms with Gasteiger partial charge < -0.3 is 4.42 Å². The molecule has 2 aromatic heterocycles. The zero-order valence-corrected chi connectivity index (χ0v) is 13.1. The fourth-order valence-electron chi connectivity index (χ4n) is 2.40. The summed E-state index contributed by atoms with van der Waals surface area (Å²) in [5.74, 6) is -1.19. The minimum absolute atomic E-state index is 0.0423. The van der Waals surface area contributed by atoms with Gasteiger partial charge in [-0.25, -0.2) is 4.39 Å². The number of rotatable bonds is 3. The lowest BCUT2D eigenvalue weighted by atomic mass is 10.1. The van der Waals surface area contributed by atoms with Gasteiger partial charge in [-0.05, 0) is 52.2 Å². The molecule has 0 aliphatic rings. The van der Waals surface area contributed by atoms with Crippen molar-refractivity contribution in [1.82, 2.24) is 4.98 Å². The molecule has 0 fully saturated rings. The Morgan fingerprint density at radius 1 is 1.12 bits per heavy atom. The van der Waals surface area contributed by atoms with Gasteiger partial charge in [0.05, 0.1) is 5.56 Å². The molecule has 6 heteroatoms. The van der Waals surface area contributed by atoms with Crippen molar-refractivity contribution in [2.45, 2.75) is 0 Å². The molecule has 4 aromatic rings. The Bertz CT molecular complexity index is 1020. The number of fused-ring (bicyclic) bond motifs is 1. The third-order valence-electron chi connectivity index (χ3n) is 3.58. The van der Waals surface area contributed by atoms with E-state index >= 15 is 0 Å². The zero-order valence-electron chi connectivity index (χ0n) is 12.3. The quantitative estimate of drug-likeness (QED) is 0.575. The number of thiophene rings is 1. The van der Waals surface area contributed by atoms with Crippen molar-refractivity contribution in [3.63, 3.8) is 0 Å². The largest absolute Gasteiger partial charge is 0.423 e. The van der Waals surface area contributed by atoms with Crippen molar-refractivity contribution < 1.29 is 13.6 Å². The van der Waals surface area contributed by atoms with E-state index in [-0.39, 0.29) is 11.6 Å². The topological polar surface area (TPSA) is 55.1 Å². The fourth-order valence-corrected chi connectivity index (χ4v) is 3.06. The second kappa shape index (κ2) is 5.90. The standard InChI is InChI=1S/C18H11FN2O2S/c19-14-4-2-1-3-13(14)17(22)21-18-20-15-9-11(5-6-16(15)23-18)12-7-8-24-10-12/h1-10H,(H,20,21,22). The summed E-state index contributed by atoms with van der Waals surface area (Å²) in [4.78, 5) is 16.4. The average molecular weight is 338 g/mol. The summed E-state index contributed by atoms with van der Waals surface area (Å²) >= 11 is 1.62. The molecule has 1 N–H and O–H groups in total. The van der Waals surface area contributed by atoms with E-state index < -0.39 is 11.7 Å². The lowest BCUT2D eigenvalue weighted by Gasteiger charge is -2.01. The van der Waals surface area contributed by atoms with Crippen LogP contribution in [0.25, 0.3) is 22.2 Å². The Hall–Kier alpha value is -2.99. The predicted molar refractivity (Wildman–Crippen MR) is 91.7 cm³/mol. The first kappa shape index (κ1) is 14.6. The van der Waals surface area contributed by atoms with E-state index in [9.17, 15) is 9.18 Å². The van der Waals surface area contributed by atoms with Crippen molar-refractivity contribution in [3.8, 4) is 11.1 Å². The summed E-state index contributed by atoms with van der Waals surface area (Å²) in [5, 5.41) is 6.53. The number of nitrogens with one attached hydrogen (secondary N) is 1. The van der Waals surface area contributed by atoms with Crippen LogP contribution in [0.15, 0.2) is 63.7 Å². The molecule has 0 spiro atoms. The first-order valence-corrected chi connectivity index (χ1v) is 8.14. The third-order valence-corrected chi connectivity index (χ3v) is 4.26. The molecular formula is C18H11FN2O2S. The van der Waals surface area contributed by atoms with E-state index in [1.54, 1.807) is 23.5 Å². The molecule has 2 heterocycles. The van der Waals surface area contributed by atoms with E-state index in [2.05, 4.69) is 10.3 Å². The van der Waals surface area contributed by atoms with Crippen LogP contribution >= 0.6 is 11.3 Å². The fraction of sp³-hybridized carbons (Fsp3) is 0. The maximum Gasteiger partial charge on any atom is 0.302 e. The molecule has 0 radical (unpaired) electrons. The molecule has 0 saturated carbocycles. The van der Waals surface area contributed by atoms with Gasteiger partial charge in [0.1, 0.15) is 11.3 Å². The van der Waals surface area contributed by atoms with Gasteiger partial charge in [-0.3, -0.25) is 10.1 Å². The minimum atomic E-state index is -0.599. The van der Waals surface area contributed by atoms with Crippen LogP contribution < -0.4 is 5.32 Å². The Morgan fingerprint density at radius 2 is 2.00 bits per heavy atom. The van der Waals surface area contributed by atoms with E-state index in [1.165, 1.54) is 18.2 Å². The van der Waals surface area contributed by atoms with Gasteiger partial charge in [0.15, 0.2) is 5.58 Å². The normalized spacial score (nSPS) is 10.9. The van der Waals surface area contributed by atoms with E-state index in [1.807, 2.05) is 29.0 Å². The number of amides is 1. The summed E-state index contributed by atoms with van der Waals surface area (Å²) in [6.07, 6.45) is 0. The molecule has 0 aliphatic carbocycles. The number of carbonyl (C=O) groups is 1. The van der Waals surface area contributed by atoms with E-state index in [0.717, 1.165) is 11.1 Å². The second-order valence-electron chi connectivity index (χ2n) is 5.15. The van der Waals surface area contributed by atoms with Crippen molar-refractivity contribution in [1.29, 1.82) is 0 Å². The van der Waals surface area contributed by atoms with Crippen molar-refractivity contribution in [2.24, 2.45) is 0 Å². The molecule has 0 unspecified atom stereocenters. The predicted octanol–water partition coefficient (Wildman–Crippen LogP) is 4.95. The molecule has 1 amide bonds. The summed E-state index contributed by atoms with van der Waals surface area (Å²) in [6.45, 7) is 0. The van der Waals surface area contributed by atoms with Crippen LogP contribution in [0.3, 0.4) is 0 Å². The van der Waals surface area contributed by atoms with Gasteiger partial charge in [-0.15, -0.1) is 0 Å². The number of halogens is 1. The first-order chi connectivity index (χ1) is 11.7. The van der Waals surface area contributed by atoms with Crippen molar-refractivity contribution in [3.05, 3.63) is 70.7 Å². The third kappa shape index (κ3) is 2.68. The smallest absolute Gasteiger partial charge is 0.302 e. The molecular weight excluding hydrogens is 327 g/mol. The Labute approximate surface area is 140 Å². The summed E-state index contributed by atoms with van der Waals surface area (Å²) < 4.78 is 19.2. The number of nitrogens with zero attached hydrogens (tertiary/aromatic N) is 1. The van der Waals surface area contributed by atoms with Gasteiger partial charge >= 0.3 is 6.01 Å². The number of aromatic nitrogens is 1.